The Balaban J connectivity index is 1.68. The molecule has 1 fully saturated rings. The van der Waals surface area contributed by atoms with Crippen molar-refractivity contribution >= 4 is 29.2 Å². The molecule has 2 heterocycles. The lowest BCUT2D eigenvalue weighted by atomic mass is 10.3. The zero-order chi connectivity index (χ0) is 19.9. The predicted octanol–water partition coefficient (Wildman–Crippen LogP) is 2.42. The van der Waals surface area contributed by atoms with Crippen molar-refractivity contribution in [2.24, 2.45) is 0 Å². The molecule has 150 valence electrons. The van der Waals surface area contributed by atoms with Crippen molar-refractivity contribution in [2.75, 3.05) is 67.4 Å². The van der Waals surface area contributed by atoms with Gasteiger partial charge in [0.1, 0.15) is 11.4 Å². The maximum Gasteiger partial charge on any atom is 0.323 e. The number of carbonyl (C=O) groups excluding carboxylic acids is 1. The van der Waals surface area contributed by atoms with E-state index in [1.54, 1.807) is 18.3 Å². The SMILES string of the molecule is CCOc1ccc(NC(=O)Nc2cnc(N3CCOCC3)nc2N(C)C)cc1. The van der Waals surface area contributed by atoms with E-state index in [-0.39, 0.29) is 6.03 Å². The van der Waals surface area contributed by atoms with E-state index in [9.17, 15) is 4.79 Å². The van der Waals surface area contributed by atoms with Crippen molar-refractivity contribution in [1.82, 2.24) is 9.97 Å². The predicted molar refractivity (Wildman–Crippen MR) is 110 cm³/mol. The highest BCUT2D eigenvalue weighted by Gasteiger charge is 2.18. The van der Waals surface area contributed by atoms with Gasteiger partial charge in [-0.05, 0) is 31.2 Å². The van der Waals surface area contributed by atoms with Crippen LogP contribution in [0.5, 0.6) is 5.75 Å². The fourth-order valence-corrected chi connectivity index (χ4v) is 2.79. The lowest BCUT2D eigenvalue weighted by molar-refractivity contribution is 0.122. The first kappa shape index (κ1) is 19.7. The Labute approximate surface area is 164 Å². The van der Waals surface area contributed by atoms with Crippen LogP contribution in [0.3, 0.4) is 0 Å². The van der Waals surface area contributed by atoms with Gasteiger partial charge in [0, 0.05) is 32.9 Å². The molecule has 0 atom stereocenters. The summed E-state index contributed by atoms with van der Waals surface area (Å²) in [6.45, 7) is 5.33. The largest absolute Gasteiger partial charge is 0.494 e. The third kappa shape index (κ3) is 5.01. The van der Waals surface area contributed by atoms with Gasteiger partial charge in [-0.2, -0.15) is 4.98 Å². The zero-order valence-electron chi connectivity index (χ0n) is 16.4. The molecule has 9 nitrogen and oxygen atoms in total. The number of morpholine rings is 1. The molecule has 1 aromatic heterocycles. The van der Waals surface area contributed by atoms with Gasteiger partial charge in [-0.3, -0.25) is 0 Å². The fourth-order valence-electron chi connectivity index (χ4n) is 2.79. The monoisotopic (exact) mass is 386 g/mol. The smallest absolute Gasteiger partial charge is 0.323 e. The average molecular weight is 386 g/mol. The highest BCUT2D eigenvalue weighted by molar-refractivity contribution is 6.01. The summed E-state index contributed by atoms with van der Waals surface area (Å²) in [5.74, 6) is 2.03. The lowest BCUT2D eigenvalue weighted by Crippen LogP contribution is -2.37. The van der Waals surface area contributed by atoms with Gasteiger partial charge in [0.05, 0.1) is 26.0 Å². The van der Waals surface area contributed by atoms with Gasteiger partial charge in [0.15, 0.2) is 5.82 Å². The van der Waals surface area contributed by atoms with E-state index < -0.39 is 0 Å². The van der Waals surface area contributed by atoms with Gasteiger partial charge >= 0.3 is 6.03 Å². The van der Waals surface area contributed by atoms with Gasteiger partial charge < -0.3 is 29.9 Å². The van der Waals surface area contributed by atoms with Crippen LogP contribution in [0.1, 0.15) is 6.92 Å². The number of ether oxygens (including phenoxy) is 2. The molecule has 3 rings (SSSR count). The summed E-state index contributed by atoms with van der Waals surface area (Å²) in [6.07, 6.45) is 1.63. The quantitative estimate of drug-likeness (QED) is 0.788. The number of hydrogen-bond acceptors (Lipinski definition) is 7. The van der Waals surface area contributed by atoms with Crippen LogP contribution in [-0.2, 0) is 4.74 Å². The van der Waals surface area contributed by atoms with Crippen molar-refractivity contribution in [2.45, 2.75) is 6.92 Å². The molecule has 1 aliphatic rings. The minimum atomic E-state index is -0.366. The Morgan fingerprint density at radius 1 is 1.21 bits per heavy atom. The summed E-state index contributed by atoms with van der Waals surface area (Å²) in [7, 11) is 3.75. The number of nitrogens with zero attached hydrogens (tertiary/aromatic N) is 4. The summed E-state index contributed by atoms with van der Waals surface area (Å²) in [5, 5.41) is 5.62. The fraction of sp³-hybridized carbons (Fsp3) is 0.421. The molecule has 0 unspecified atom stereocenters. The van der Waals surface area contributed by atoms with E-state index in [1.165, 1.54) is 0 Å². The summed E-state index contributed by atoms with van der Waals surface area (Å²) in [6, 6.07) is 6.83. The van der Waals surface area contributed by atoms with Gasteiger partial charge in [-0.15, -0.1) is 0 Å². The number of hydrogen-bond donors (Lipinski definition) is 2. The molecule has 2 N–H and O–H groups in total. The normalized spacial score (nSPS) is 13.8. The van der Waals surface area contributed by atoms with Crippen molar-refractivity contribution in [3.63, 3.8) is 0 Å². The van der Waals surface area contributed by atoms with Crippen LogP contribution >= 0.6 is 0 Å². The molecule has 9 heteroatoms. The van der Waals surface area contributed by atoms with Crippen molar-refractivity contribution in [3.8, 4) is 5.75 Å². The van der Waals surface area contributed by atoms with Crippen LogP contribution in [0.4, 0.5) is 27.9 Å². The number of aromatic nitrogens is 2. The molecule has 2 aromatic rings. The van der Waals surface area contributed by atoms with Gasteiger partial charge in [0.2, 0.25) is 5.95 Å². The summed E-state index contributed by atoms with van der Waals surface area (Å²) in [4.78, 5) is 25.3. The molecule has 1 aliphatic heterocycles. The molecule has 0 saturated carbocycles. The van der Waals surface area contributed by atoms with Crippen molar-refractivity contribution in [1.29, 1.82) is 0 Å². The summed E-state index contributed by atoms with van der Waals surface area (Å²) in [5.41, 5.74) is 1.20. The Morgan fingerprint density at radius 2 is 1.93 bits per heavy atom. The van der Waals surface area contributed by atoms with Crippen LogP contribution in [0.15, 0.2) is 30.5 Å². The van der Waals surface area contributed by atoms with Crippen LogP contribution in [0.25, 0.3) is 0 Å². The molecular weight excluding hydrogens is 360 g/mol. The van der Waals surface area contributed by atoms with Crippen molar-refractivity contribution < 1.29 is 14.3 Å². The van der Waals surface area contributed by atoms with E-state index in [2.05, 4.69) is 25.5 Å². The van der Waals surface area contributed by atoms with E-state index in [0.29, 0.717) is 43.0 Å². The number of nitrogens with one attached hydrogen (secondary N) is 2. The minimum absolute atomic E-state index is 0.366. The van der Waals surface area contributed by atoms with Gasteiger partial charge in [0.25, 0.3) is 0 Å². The first-order valence-corrected chi connectivity index (χ1v) is 9.24. The third-order valence-electron chi connectivity index (χ3n) is 4.14. The number of amides is 2. The standard InChI is InChI=1S/C19H26N6O3/c1-4-28-15-7-5-14(6-8-15)21-19(26)22-16-13-20-18(23-17(16)24(2)3)25-9-11-27-12-10-25/h5-8,13H,4,9-12H2,1-3H3,(H2,21,22,26). The van der Waals surface area contributed by atoms with Gasteiger partial charge in [-0.1, -0.05) is 0 Å². The maximum atomic E-state index is 12.4. The lowest BCUT2D eigenvalue weighted by Gasteiger charge is -2.28. The number of carbonyl (C=O) groups is 1. The Bertz CT molecular complexity index is 791. The van der Waals surface area contributed by atoms with Crippen LogP contribution < -0.4 is 25.2 Å². The molecule has 0 spiro atoms. The molecule has 2 amide bonds. The zero-order valence-corrected chi connectivity index (χ0v) is 16.4. The molecular formula is C19H26N6O3. The molecule has 1 saturated heterocycles. The van der Waals surface area contributed by atoms with E-state index in [0.717, 1.165) is 18.8 Å². The second-order valence-electron chi connectivity index (χ2n) is 6.44. The highest BCUT2D eigenvalue weighted by Crippen LogP contribution is 2.24. The van der Waals surface area contributed by atoms with Crippen LogP contribution in [0, 0.1) is 0 Å². The second kappa shape index (κ2) is 9.23. The minimum Gasteiger partial charge on any atom is -0.494 e. The Hall–Kier alpha value is -3.07. The topological polar surface area (TPSA) is 91.8 Å². The molecule has 0 radical (unpaired) electrons. The Kier molecular flexibility index (Phi) is 6.49. The average Bonchev–Trinajstić information content (AvgIpc) is 2.70. The first-order valence-electron chi connectivity index (χ1n) is 9.24. The summed E-state index contributed by atoms with van der Waals surface area (Å²) < 4.78 is 10.8. The number of anilines is 4. The Morgan fingerprint density at radius 3 is 2.57 bits per heavy atom. The summed E-state index contributed by atoms with van der Waals surface area (Å²) >= 11 is 0. The van der Waals surface area contributed by atoms with Crippen LogP contribution in [-0.4, -0.2) is 63.0 Å². The molecule has 0 bridgehead atoms. The molecule has 28 heavy (non-hydrogen) atoms. The molecule has 1 aromatic carbocycles. The van der Waals surface area contributed by atoms with Gasteiger partial charge in [-0.25, -0.2) is 9.78 Å². The number of rotatable bonds is 6. The molecule has 0 aliphatic carbocycles. The van der Waals surface area contributed by atoms with E-state index >= 15 is 0 Å². The van der Waals surface area contributed by atoms with Crippen molar-refractivity contribution in [3.05, 3.63) is 30.5 Å². The maximum absolute atomic E-state index is 12.4. The first-order chi connectivity index (χ1) is 13.6. The third-order valence-corrected chi connectivity index (χ3v) is 4.14. The van der Waals surface area contributed by atoms with E-state index in [1.807, 2.05) is 38.1 Å². The van der Waals surface area contributed by atoms with E-state index in [4.69, 9.17) is 9.47 Å². The number of urea groups is 1. The number of benzene rings is 1. The second-order valence-corrected chi connectivity index (χ2v) is 6.44. The van der Waals surface area contributed by atoms with Crippen LogP contribution in [0.2, 0.25) is 0 Å². The highest BCUT2D eigenvalue weighted by atomic mass is 16.5.